The zero-order valence-corrected chi connectivity index (χ0v) is 21.2. The summed E-state index contributed by atoms with van der Waals surface area (Å²) in [7, 11) is 0. The van der Waals surface area contributed by atoms with Crippen LogP contribution in [0.2, 0.25) is 0 Å². The average molecular weight is 484 g/mol. The number of benzene rings is 3. The summed E-state index contributed by atoms with van der Waals surface area (Å²) in [6, 6.07) is 17.8. The van der Waals surface area contributed by atoms with Crippen molar-refractivity contribution in [3.05, 3.63) is 100 Å². The minimum Gasteiger partial charge on any atom is -0.494 e. The van der Waals surface area contributed by atoms with Crippen LogP contribution in [-0.4, -0.2) is 17.7 Å². The molecule has 3 aromatic carbocycles. The molecule has 1 unspecified atom stereocenters. The summed E-state index contributed by atoms with van der Waals surface area (Å²) in [5.41, 5.74) is 5.28. The van der Waals surface area contributed by atoms with Crippen molar-refractivity contribution < 1.29 is 13.9 Å². The minimum absolute atomic E-state index is 0.134. The van der Waals surface area contributed by atoms with Gasteiger partial charge in [0, 0.05) is 22.7 Å². The van der Waals surface area contributed by atoms with E-state index < -0.39 is 11.9 Å². The second-order valence-corrected chi connectivity index (χ2v) is 9.00. The fraction of sp³-hybridized carbons (Fsp3) is 0.267. The Kier molecular flexibility index (Phi) is 7.40. The van der Waals surface area contributed by atoms with Gasteiger partial charge in [-0.05, 0) is 70.0 Å². The van der Waals surface area contributed by atoms with Crippen molar-refractivity contribution in [1.82, 2.24) is 4.98 Å². The number of rotatable bonds is 8. The van der Waals surface area contributed by atoms with Gasteiger partial charge in [0.05, 0.1) is 36.5 Å². The Labute approximate surface area is 211 Å². The van der Waals surface area contributed by atoms with Crippen LogP contribution in [0.15, 0.2) is 60.7 Å². The summed E-state index contributed by atoms with van der Waals surface area (Å²) < 4.78 is 27.6. The van der Waals surface area contributed by atoms with Crippen molar-refractivity contribution in [2.45, 2.75) is 46.8 Å². The third kappa shape index (κ3) is 5.26. The fourth-order valence-corrected chi connectivity index (χ4v) is 4.24. The van der Waals surface area contributed by atoms with E-state index in [2.05, 4.69) is 10.2 Å². The first-order valence-electron chi connectivity index (χ1n) is 12.0. The summed E-state index contributed by atoms with van der Waals surface area (Å²) in [6.45, 7) is 17.3. The quantitative estimate of drug-likeness (QED) is 0.259. The maximum Gasteiger partial charge on any atom is 0.187 e. The third-order valence-electron chi connectivity index (χ3n) is 5.90. The van der Waals surface area contributed by atoms with E-state index in [9.17, 15) is 0 Å². The van der Waals surface area contributed by atoms with Gasteiger partial charge in [-0.1, -0.05) is 30.3 Å². The molecule has 4 rings (SSSR count). The van der Waals surface area contributed by atoms with Gasteiger partial charge in [-0.25, -0.2) is 14.2 Å². The molecular formula is C30H30FN3O2. The third-order valence-corrected chi connectivity index (χ3v) is 5.90. The van der Waals surface area contributed by atoms with Gasteiger partial charge in [0.25, 0.3) is 0 Å². The lowest BCUT2D eigenvalue weighted by atomic mass is 9.97. The summed E-state index contributed by atoms with van der Waals surface area (Å²) in [4.78, 5) is 8.45. The van der Waals surface area contributed by atoms with Gasteiger partial charge in [-0.3, -0.25) is 0 Å². The lowest BCUT2D eigenvalue weighted by molar-refractivity contribution is 0.228. The highest BCUT2D eigenvalue weighted by atomic mass is 19.1. The summed E-state index contributed by atoms with van der Waals surface area (Å²) >= 11 is 0. The predicted octanol–water partition coefficient (Wildman–Crippen LogP) is 7.93. The standard InChI is InChI=1S/C30H30FN3O2/c1-7-35-23-16-25(28(31)27(17-23)36-18(2)3)30(33-22-13-11-21(32-6)12-14-22)26-15-20(5)24-10-8-9-19(4)29(24)34-26/h8-18,30,33H,7H2,1-5H3. The van der Waals surface area contributed by atoms with Crippen molar-refractivity contribution in [3.63, 3.8) is 0 Å². The number of hydrogen-bond acceptors (Lipinski definition) is 4. The Hall–Kier alpha value is -4.11. The first kappa shape index (κ1) is 25.0. The van der Waals surface area contributed by atoms with E-state index in [4.69, 9.17) is 21.0 Å². The summed E-state index contributed by atoms with van der Waals surface area (Å²) in [5, 5.41) is 4.51. The highest BCUT2D eigenvalue weighted by molar-refractivity contribution is 5.85. The van der Waals surface area contributed by atoms with Crippen molar-refractivity contribution in [2.24, 2.45) is 0 Å². The summed E-state index contributed by atoms with van der Waals surface area (Å²) in [6.07, 6.45) is -0.208. The number of para-hydroxylation sites is 1. The highest BCUT2D eigenvalue weighted by Crippen LogP contribution is 2.37. The molecule has 5 nitrogen and oxygen atoms in total. The van der Waals surface area contributed by atoms with E-state index >= 15 is 4.39 Å². The van der Waals surface area contributed by atoms with Crippen LogP contribution >= 0.6 is 0 Å². The van der Waals surface area contributed by atoms with Crippen molar-refractivity contribution in [1.29, 1.82) is 0 Å². The van der Waals surface area contributed by atoms with Crippen LogP contribution in [0.3, 0.4) is 0 Å². The highest BCUT2D eigenvalue weighted by Gasteiger charge is 2.25. The number of hydrogen-bond donors (Lipinski definition) is 1. The van der Waals surface area contributed by atoms with Crippen LogP contribution in [0.1, 0.15) is 49.2 Å². The van der Waals surface area contributed by atoms with Crippen LogP contribution in [0, 0.1) is 26.2 Å². The molecule has 36 heavy (non-hydrogen) atoms. The second-order valence-electron chi connectivity index (χ2n) is 9.00. The molecule has 1 N–H and O–H groups in total. The lowest BCUT2D eigenvalue weighted by Gasteiger charge is -2.24. The molecule has 1 atom stereocenters. The Morgan fingerprint density at radius 2 is 1.78 bits per heavy atom. The van der Waals surface area contributed by atoms with E-state index in [-0.39, 0.29) is 11.9 Å². The molecule has 4 aromatic rings. The minimum atomic E-state index is -0.638. The molecular weight excluding hydrogens is 453 g/mol. The van der Waals surface area contributed by atoms with Crippen LogP contribution in [0.5, 0.6) is 11.5 Å². The molecule has 0 aliphatic rings. The average Bonchev–Trinajstić information content (AvgIpc) is 2.85. The van der Waals surface area contributed by atoms with E-state index in [1.165, 1.54) is 0 Å². The number of aromatic nitrogens is 1. The fourth-order valence-electron chi connectivity index (χ4n) is 4.24. The van der Waals surface area contributed by atoms with Crippen LogP contribution in [0.4, 0.5) is 15.8 Å². The molecule has 0 spiro atoms. The largest absolute Gasteiger partial charge is 0.494 e. The summed E-state index contributed by atoms with van der Waals surface area (Å²) in [5.74, 6) is 0.190. The number of ether oxygens (including phenoxy) is 2. The number of aryl methyl sites for hydroxylation is 2. The number of nitrogens with zero attached hydrogens (tertiary/aromatic N) is 2. The topological polar surface area (TPSA) is 47.7 Å². The molecule has 0 saturated heterocycles. The van der Waals surface area contributed by atoms with Gasteiger partial charge in [0.2, 0.25) is 0 Å². The van der Waals surface area contributed by atoms with Crippen LogP contribution in [0.25, 0.3) is 15.7 Å². The molecule has 184 valence electrons. The Morgan fingerprint density at radius 1 is 1.03 bits per heavy atom. The van der Waals surface area contributed by atoms with Gasteiger partial charge < -0.3 is 14.8 Å². The maximum absolute atomic E-state index is 16.0. The molecule has 0 bridgehead atoms. The molecule has 6 heteroatoms. The Bertz CT molecular complexity index is 1430. The van der Waals surface area contributed by atoms with Crippen LogP contribution in [-0.2, 0) is 0 Å². The van der Waals surface area contributed by atoms with Crippen molar-refractivity contribution in [3.8, 4) is 11.5 Å². The number of nitrogens with one attached hydrogen (secondary N) is 1. The number of anilines is 1. The van der Waals surface area contributed by atoms with E-state index in [1.54, 1.807) is 24.3 Å². The SMILES string of the molecule is [C-]#[N+]c1ccc(NC(c2cc(C)c3cccc(C)c3n2)c2cc(OCC)cc(OC(C)C)c2F)cc1. The van der Waals surface area contributed by atoms with Gasteiger partial charge >= 0.3 is 0 Å². The van der Waals surface area contributed by atoms with E-state index in [1.807, 2.05) is 71.0 Å². The van der Waals surface area contributed by atoms with Crippen molar-refractivity contribution in [2.75, 3.05) is 11.9 Å². The first-order valence-corrected chi connectivity index (χ1v) is 12.0. The molecule has 0 saturated carbocycles. The van der Waals surface area contributed by atoms with E-state index in [0.29, 0.717) is 29.3 Å². The predicted molar refractivity (Wildman–Crippen MR) is 143 cm³/mol. The molecule has 1 aromatic heterocycles. The molecule has 1 heterocycles. The van der Waals surface area contributed by atoms with Gasteiger partial charge in [0.15, 0.2) is 17.3 Å². The van der Waals surface area contributed by atoms with Crippen molar-refractivity contribution >= 4 is 22.3 Å². The second kappa shape index (κ2) is 10.7. The Morgan fingerprint density at radius 3 is 2.44 bits per heavy atom. The maximum atomic E-state index is 16.0. The van der Waals surface area contributed by atoms with Gasteiger partial charge in [0.1, 0.15) is 5.75 Å². The first-order chi connectivity index (χ1) is 17.3. The Balaban J connectivity index is 1.93. The zero-order valence-electron chi connectivity index (χ0n) is 21.2. The zero-order chi connectivity index (χ0) is 25.8. The smallest absolute Gasteiger partial charge is 0.187 e. The molecule has 0 amide bonds. The van der Waals surface area contributed by atoms with Gasteiger partial charge in [-0.2, -0.15) is 0 Å². The number of halogens is 1. The molecule has 0 fully saturated rings. The lowest BCUT2D eigenvalue weighted by Crippen LogP contribution is -2.18. The number of pyridine rings is 1. The molecule has 0 aliphatic carbocycles. The van der Waals surface area contributed by atoms with Gasteiger partial charge in [-0.15, -0.1) is 0 Å². The monoisotopic (exact) mass is 483 g/mol. The molecule has 0 aliphatic heterocycles. The van der Waals surface area contributed by atoms with E-state index in [0.717, 1.165) is 27.7 Å². The normalized spacial score (nSPS) is 11.8. The molecule has 0 radical (unpaired) electrons. The number of fused-ring (bicyclic) bond motifs is 1. The van der Waals surface area contributed by atoms with Crippen LogP contribution < -0.4 is 14.8 Å².